The molecular weight excluding hydrogens is 380 g/mol. The van der Waals surface area contributed by atoms with E-state index in [1.54, 1.807) is 17.4 Å². The summed E-state index contributed by atoms with van der Waals surface area (Å²) < 4.78 is 7.02. The second kappa shape index (κ2) is 8.82. The molecule has 2 aromatic heterocycles. The maximum absolute atomic E-state index is 9.08. The van der Waals surface area contributed by atoms with Gasteiger partial charge in [0.2, 0.25) is 0 Å². The number of benzene rings is 2. The van der Waals surface area contributed by atoms with E-state index in [4.69, 9.17) is 10.00 Å². The van der Waals surface area contributed by atoms with Crippen LogP contribution in [-0.4, -0.2) is 23.1 Å². The fraction of sp³-hybridized carbons (Fsp3) is 0.174. The van der Waals surface area contributed by atoms with Crippen LogP contribution in [0.3, 0.4) is 0 Å². The van der Waals surface area contributed by atoms with Crippen molar-refractivity contribution in [1.29, 1.82) is 5.26 Å². The van der Waals surface area contributed by atoms with E-state index in [9.17, 15) is 0 Å². The first kappa shape index (κ1) is 19.1. The monoisotopic (exact) mass is 400 g/mol. The van der Waals surface area contributed by atoms with Crippen LogP contribution in [0.4, 0.5) is 0 Å². The number of pyridine rings is 1. The van der Waals surface area contributed by atoms with Gasteiger partial charge in [-0.05, 0) is 48.4 Å². The summed E-state index contributed by atoms with van der Waals surface area (Å²) in [7, 11) is 0. The van der Waals surface area contributed by atoms with Gasteiger partial charge < -0.3 is 10.1 Å². The highest BCUT2D eigenvalue weighted by atomic mass is 32.1. The van der Waals surface area contributed by atoms with E-state index in [0.29, 0.717) is 18.7 Å². The Balaban J connectivity index is 1.29. The molecule has 0 aliphatic rings. The fourth-order valence-electron chi connectivity index (χ4n) is 3.10. The molecule has 0 saturated heterocycles. The van der Waals surface area contributed by atoms with E-state index in [2.05, 4.69) is 33.5 Å². The Bertz CT molecular complexity index is 1180. The van der Waals surface area contributed by atoms with Gasteiger partial charge >= 0.3 is 0 Å². The summed E-state index contributed by atoms with van der Waals surface area (Å²) in [5, 5.41) is 13.5. The first-order valence-electron chi connectivity index (χ1n) is 9.36. The molecule has 0 atom stereocenters. The van der Waals surface area contributed by atoms with Gasteiger partial charge in [0, 0.05) is 37.1 Å². The van der Waals surface area contributed by atoms with E-state index in [1.165, 1.54) is 4.70 Å². The number of nitrogens with zero attached hydrogens (tertiary/aromatic N) is 3. The first-order chi connectivity index (χ1) is 14.2. The zero-order valence-electron chi connectivity index (χ0n) is 16.1. The van der Waals surface area contributed by atoms with Crippen molar-refractivity contribution in [3.63, 3.8) is 0 Å². The molecule has 0 bridgehead atoms. The normalized spacial score (nSPS) is 10.8. The zero-order chi connectivity index (χ0) is 20.1. The minimum atomic E-state index is 0.575. The molecule has 0 amide bonds. The van der Waals surface area contributed by atoms with Crippen molar-refractivity contribution in [3.05, 3.63) is 77.1 Å². The lowest BCUT2D eigenvalue weighted by Crippen LogP contribution is -2.20. The van der Waals surface area contributed by atoms with Crippen molar-refractivity contribution < 1.29 is 4.74 Å². The summed E-state index contributed by atoms with van der Waals surface area (Å²) in [6.45, 7) is 4.01. The molecule has 0 spiro atoms. The van der Waals surface area contributed by atoms with Crippen molar-refractivity contribution >= 4 is 21.6 Å². The first-order valence-corrected chi connectivity index (χ1v) is 10.2. The van der Waals surface area contributed by atoms with Gasteiger partial charge in [-0.1, -0.05) is 12.1 Å². The van der Waals surface area contributed by atoms with Gasteiger partial charge in [0.25, 0.3) is 0 Å². The molecule has 2 heterocycles. The largest absolute Gasteiger partial charge is 0.492 e. The van der Waals surface area contributed by atoms with Crippen molar-refractivity contribution in [2.45, 2.75) is 13.5 Å². The van der Waals surface area contributed by atoms with Crippen molar-refractivity contribution in [2.75, 3.05) is 13.2 Å². The Hall–Kier alpha value is -3.27. The Morgan fingerprint density at radius 3 is 2.93 bits per heavy atom. The number of nitriles is 1. The lowest BCUT2D eigenvalue weighted by atomic mass is 10.0. The molecule has 1 N–H and O–H groups in total. The smallest absolute Gasteiger partial charge is 0.121 e. The highest BCUT2D eigenvalue weighted by Crippen LogP contribution is 2.25. The number of thiazole rings is 1. The number of hydrogen-bond acceptors (Lipinski definition) is 6. The lowest BCUT2D eigenvalue weighted by molar-refractivity contribution is 0.314. The molecule has 29 heavy (non-hydrogen) atoms. The zero-order valence-corrected chi connectivity index (χ0v) is 16.9. The molecule has 0 radical (unpaired) electrons. The Kier molecular flexibility index (Phi) is 5.80. The van der Waals surface area contributed by atoms with Crippen LogP contribution in [0.5, 0.6) is 5.75 Å². The number of hydrogen-bond donors (Lipinski definition) is 1. The van der Waals surface area contributed by atoms with Gasteiger partial charge in [0.1, 0.15) is 12.4 Å². The Labute approximate surface area is 173 Å². The summed E-state index contributed by atoms with van der Waals surface area (Å²) in [6, 6.07) is 17.9. The predicted octanol–water partition coefficient (Wildman–Crippen LogP) is 4.71. The summed E-state index contributed by atoms with van der Waals surface area (Å²) in [6.07, 6.45) is 3.67. The minimum absolute atomic E-state index is 0.575. The second-order valence-corrected chi connectivity index (χ2v) is 7.90. The van der Waals surface area contributed by atoms with Gasteiger partial charge in [-0.3, -0.25) is 4.98 Å². The molecule has 4 rings (SSSR count). The van der Waals surface area contributed by atoms with E-state index in [1.807, 2.05) is 49.6 Å². The van der Waals surface area contributed by atoms with Crippen molar-refractivity contribution in [3.8, 4) is 22.9 Å². The van der Waals surface area contributed by atoms with Crippen LogP contribution in [-0.2, 0) is 6.54 Å². The second-order valence-electron chi connectivity index (χ2n) is 6.66. The summed E-state index contributed by atoms with van der Waals surface area (Å²) in [5.41, 5.74) is 4.72. The average Bonchev–Trinajstić information content (AvgIpc) is 3.13. The number of nitrogens with one attached hydrogen (secondary N) is 1. The number of aryl methyl sites for hydroxylation is 1. The Morgan fingerprint density at radius 1 is 1.10 bits per heavy atom. The average molecular weight is 401 g/mol. The van der Waals surface area contributed by atoms with Crippen LogP contribution in [0.25, 0.3) is 21.3 Å². The number of aromatic nitrogens is 2. The van der Waals surface area contributed by atoms with Crippen LogP contribution in [0.1, 0.15) is 16.1 Å². The van der Waals surface area contributed by atoms with Crippen LogP contribution >= 0.6 is 11.3 Å². The van der Waals surface area contributed by atoms with Gasteiger partial charge in [0.05, 0.1) is 26.9 Å². The highest BCUT2D eigenvalue weighted by molar-refractivity contribution is 7.18. The van der Waals surface area contributed by atoms with Crippen LogP contribution in [0.2, 0.25) is 0 Å². The predicted molar refractivity (Wildman–Crippen MR) is 116 cm³/mol. The molecule has 0 fully saturated rings. The summed E-state index contributed by atoms with van der Waals surface area (Å²) in [4.78, 5) is 8.83. The van der Waals surface area contributed by atoms with Crippen LogP contribution in [0, 0.1) is 18.3 Å². The van der Waals surface area contributed by atoms with Gasteiger partial charge in [-0.25, -0.2) is 4.98 Å². The molecule has 0 aliphatic heterocycles. The molecule has 0 saturated carbocycles. The molecule has 0 unspecified atom stereocenters. The third-order valence-corrected chi connectivity index (χ3v) is 5.41. The molecule has 0 aliphatic carbocycles. The summed E-state index contributed by atoms with van der Waals surface area (Å²) in [5.74, 6) is 0.839. The maximum Gasteiger partial charge on any atom is 0.121 e. The third-order valence-electron chi connectivity index (χ3n) is 4.46. The SMILES string of the molecule is Cc1nc2cc(OCCNCc3cncc(-c4cccc(C#N)c4)c3)ccc2s1. The summed E-state index contributed by atoms with van der Waals surface area (Å²) >= 11 is 1.69. The van der Waals surface area contributed by atoms with Gasteiger partial charge in [0.15, 0.2) is 0 Å². The molecule has 6 heteroatoms. The third kappa shape index (κ3) is 4.77. The van der Waals surface area contributed by atoms with Crippen molar-refractivity contribution in [2.24, 2.45) is 0 Å². The van der Waals surface area contributed by atoms with Gasteiger partial charge in [-0.15, -0.1) is 11.3 Å². The topological polar surface area (TPSA) is 70.8 Å². The standard InChI is InChI=1S/C23H20N4OS/c1-16-27-22-11-21(5-6-23(22)29-16)28-8-7-25-13-18-10-20(15-26-14-18)19-4-2-3-17(9-19)12-24/h2-6,9-11,14-15,25H,7-8,13H2,1H3. The van der Waals surface area contributed by atoms with Crippen LogP contribution < -0.4 is 10.1 Å². The highest BCUT2D eigenvalue weighted by Gasteiger charge is 2.04. The van der Waals surface area contributed by atoms with Gasteiger partial charge in [-0.2, -0.15) is 5.26 Å². The fourth-order valence-corrected chi connectivity index (χ4v) is 3.90. The van der Waals surface area contributed by atoms with E-state index in [-0.39, 0.29) is 0 Å². The quantitative estimate of drug-likeness (QED) is 0.455. The maximum atomic E-state index is 9.08. The lowest BCUT2D eigenvalue weighted by Gasteiger charge is -2.09. The number of ether oxygens (including phenoxy) is 1. The van der Waals surface area contributed by atoms with E-state index < -0.39 is 0 Å². The molecule has 5 nitrogen and oxygen atoms in total. The van der Waals surface area contributed by atoms with E-state index >= 15 is 0 Å². The van der Waals surface area contributed by atoms with Crippen LogP contribution in [0.15, 0.2) is 60.9 Å². The molecule has 4 aromatic rings. The van der Waals surface area contributed by atoms with Crippen molar-refractivity contribution in [1.82, 2.24) is 15.3 Å². The van der Waals surface area contributed by atoms with E-state index in [0.717, 1.165) is 39.5 Å². The molecular formula is C23H20N4OS. The molecule has 144 valence electrons. The minimum Gasteiger partial charge on any atom is -0.492 e. The number of rotatable bonds is 7. The number of fused-ring (bicyclic) bond motifs is 1. The molecule has 2 aromatic carbocycles. The Morgan fingerprint density at radius 2 is 2.03 bits per heavy atom.